The second-order valence-electron chi connectivity index (χ2n) is 8.02. The van der Waals surface area contributed by atoms with E-state index in [4.69, 9.17) is 37.9 Å². The molecule has 3 aromatic rings. The van der Waals surface area contributed by atoms with Crippen LogP contribution in [0.3, 0.4) is 0 Å². The molecule has 2 bridgehead atoms. The molecule has 2 aliphatic rings. The lowest BCUT2D eigenvalue weighted by molar-refractivity contribution is -0.0780. The molecule has 2 saturated heterocycles. The van der Waals surface area contributed by atoms with Crippen LogP contribution in [-0.2, 0) is 4.74 Å². The van der Waals surface area contributed by atoms with Crippen LogP contribution in [0.4, 0.5) is 21.8 Å². The third-order valence-corrected chi connectivity index (χ3v) is 6.26. The Hall–Kier alpha value is -3.26. The van der Waals surface area contributed by atoms with E-state index in [1.807, 2.05) is 6.07 Å². The minimum Gasteiger partial charge on any atom is -0.471 e. The summed E-state index contributed by atoms with van der Waals surface area (Å²) in [7, 11) is 0. The average molecular weight is 502 g/mol. The topological polar surface area (TPSA) is 109 Å². The van der Waals surface area contributed by atoms with Gasteiger partial charge in [-0.15, -0.1) is 0 Å². The molecule has 2 fully saturated rings. The minimum absolute atomic E-state index is 0.0366. The van der Waals surface area contributed by atoms with Gasteiger partial charge in [-0.3, -0.25) is 0 Å². The maximum atomic E-state index is 15.3. The fourth-order valence-corrected chi connectivity index (χ4v) is 4.51. The van der Waals surface area contributed by atoms with Crippen molar-refractivity contribution in [2.45, 2.75) is 6.10 Å². The number of nitriles is 1. The molecule has 9 nitrogen and oxygen atoms in total. The Balaban J connectivity index is 1.33. The van der Waals surface area contributed by atoms with E-state index in [2.05, 4.69) is 30.2 Å². The average Bonchev–Trinajstić information content (AvgIpc) is 2.83. The summed E-state index contributed by atoms with van der Waals surface area (Å²) in [6.45, 7) is 2.09. The van der Waals surface area contributed by atoms with Crippen molar-refractivity contribution in [2.24, 2.45) is 11.8 Å². The largest absolute Gasteiger partial charge is 0.471 e. The molecule has 34 heavy (non-hydrogen) atoms. The Morgan fingerprint density at radius 1 is 1.12 bits per heavy atom. The van der Waals surface area contributed by atoms with Gasteiger partial charge in [-0.05, 0) is 18.2 Å². The number of ether oxygens (including phenoxy) is 2. The van der Waals surface area contributed by atoms with Crippen LogP contribution in [0.15, 0.2) is 36.9 Å². The molecule has 1 aromatic carbocycles. The molecule has 2 unspecified atom stereocenters. The summed E-state index contributed by atoms with van der Waals surface area (Å²) in [6, 6.07) is 6.64. The van der Waals surface area contributed by atoms with Crippen LogP contribution >= 0.6 is 23.2 Å². The second kappa shape index (κ2) is 9.54. The summed E-state index contributed by atoms with van der Waals surface area (Å²) in [5, 5.41) is 12.6. The van der Waals surface area contributed by atoms with Gasteiger partial charge in [0.15, 0.2) is 5.82 Å². The lowest BCUT2D eigenvalue weighted by atomic mass is 9.84. The van der Waals surface area contributed by atoms with Crippen molar-refractivity contribution in [1.29, 1.82) is 5.26 Å². The van der Waals surface area contributed by atoms with Crippen LogP contribution in [0.2, 0.25) is 10.0 Å². The van der Waals surface area contributed by atoms with Gasteiger partial charge < -0.3 is 19.7 Å². The SMILES string of the molecule is N#Cc1ccc(Nc2ncnc(OC3C4COCC3CN(c3ncc(Cl)cn3)C4)c2F)c(Cl)c1. The van der Waals surface area contributed by atoms with Crippen molar-refractivity contribution < 1.29 is 13.9 Å². The number of rotatable bonds is 5. The molecule has 174 valence electrons. The van der Waals surface area contributed by atoms with E-state index in [1.165, 1.54) is 12.4 Å². The van der Waals surface area contributed by atoms with Gasteiger partial charge in [-0.25, -0.2) is 15.0 Å². The Morgan fingerprint density at radius 2 is 1.85 bits per heavy atom. The van der Waals surface area contributed by atoms with E-state index in [0.29, 0.717) is 48.5 Å². The summed E-state index contributed by atoms with van der Waals surface area (Å²) in [4.78, 5) is 18.7. The van der Waals surface area contributed by atoms with Crippen LogP contribution in [0.25, 0.3) is 0 Å². The molecule has 4 heterocycles. The van der Waals surface area contributed by atoms with E-state index < -0.39 is 5.82 Å². The zero-order valence-electron chi connectivity index (χ0n) is 17.7. The Labute approximate surface area is 204 Å². The van der Waals surface area contributed by atoms with Crippen LogP contribution in [-0.4, -0.2) is 52.3 Å². The van der Waals surface area contributed by atoms with Crippen LogP contribution in [0.5, 0.6) is 5.88 Å². The molecule has 0 amide bonds. The molecule has 0 saturated carbocycles. The maximum absolute atomic E-state index is 15.3. The van der Waals surface area contributed by atoms with E-state index in [1.54, 1.807) is 24.5 Å². The van der Waals surface area contributed by atoms with Crippen molar-refractivity contribution in [3.63, 3.8) is 0 Å². The first-order valence-corrected chi connectivity index (χ1v) is 11.2. The molecule has 1 N–H and O–H groups in total. The van der Waals surface area contributed by atoms with Gasteiger partial charge in [-0.1, -0.05) is 23.2 Å². The van der Waals surface area contributed by atoms with Gasteiger partial charge in [-0.2, -0.15) is 14.6 Å². The van der Waals surface area contributed by atoms with E-state index >= 15 is 4.39 Å². The molecular formula is C22H18Cl2FN7O2. The number of nitrogens with zero attached hydrogens (tertiary/aromatic N) is 6. The fraction of sp³-hybridized carbons (Fsp3) is 0.318. The van der Waals surface area contributed by atoms with Crippen molar-refractivity contribution >= 4 is 40.7 Å². The molecule has 2 atom stereocenters. The number of halogens is 3. The maximum Gasteiger partial charge on any atom is 0.256 e. The number of hydrogen-bond acceptors (Lipinski definition) is 9. The number of fused-ring (bicyclic) bond motifs is 2. The molecule has 2 aromatic heterocycles. The van der Waals surface area contributed by atoms with Gasteiger partial charge >= 0.3 is 0 Å². The van der Waals surface area contributed by atoms with Gasteiger partial charge in [0.05, 0.1) is 53.0 Å². The minimum atomic E-state index is -0.731. The second-order valence-corrected chi connectivity index (χ2v) is 8.86. The number of aromatic nitrogens is 4. The van der Waals surface area contributed by atoms with Crippen molar-refractivity contribution in [3.8, 4) is 11.9 Å². The normalized spacial score (nSPS) is 21.6. The first-order valence-electron chi connectivity index (χ1n) is 10.5. The highest BCUT2D eigenvalue weighted by Gasteiger charge is 2.43. The van der Waals surface area contributed by atoms with Crippen molar-refractivity contribution in [3.05, 3.63) is 58.3 Å². The molecular weight excluding hydrogens is 484 g/mol. The highest BCUT2D eigenvalue weighted by Crippen LogP contribution is 2.34. The number of benzene rings is 1. The van der Waals surface area contributed by atoms with Gasteiger partial charge in [0.25, 0.3) is 5.88 Å². The summed E-state index contributed by atoms with van der Waals surface area (Å²) in [5.41, 5.74) is 0.803. The Morgan fingerprint density at radius 3 is 2.53 bits per heavy atom. The number of piperidine rings is 1. The van der Waals surface area contributed by atoms with Crippen LogP contribution in [0.1, 0.15) is 5.56 Å². The lowest BCUT2D eigenvalue weighted by Crippen LogP contribution is -2.58. The lowest BCUT2D eigenvalue weighted by Gasteiger charge is -2.46. The molecule has 0 aliphatic carbocycles. The van der Waals surface area contributed by atoms with Crippen molar-refractivity contribution in [1.82, 2.24) is 19.9 Å². The predicted molar refractivity (Wildman–Crippen MR) is 123 cm³/mol. The summed E-state index contributed by atoms with van der Waals surface area (Å²) in [5.74, 6) is -0.453. The van der Waals surface area contributed by atoms with E-state index in [0.717, 1.165) is 0 Å². The van der Waals surface area contributed by atoms with Gasteiger partial charge in [0.1, 0.15) is 12.4 Å². The Bertz CT molecular complexity index is 1230. The van der Waals surface area contributed by atoms with E-state index in [9.17, 15) is 0 Å². The molecule has 0 spiro atoms. The molecule has 5 rings (SSSR count). The number of hydrogen-bond donors (Lipinski definition) is 1. The van der Waals surface area contributed by atoms with E-state index in [-0.39, 0.29) is 34.7 Å². The summed E-state index contributed by atoms with van der Waals surface area (Å²) in [6.07, 6.45) is 4.04. The van der Waals surface area contributed by atoms with Gasteiger partial charge in [0, 0.05) is 24.9 Å². The monoisotopic (exact) mass is 501 g/mol. The molecule has 0 radical (unpaired) electrons. The molecule has 12 heteroatoms. The summed E-state index contributed by atoms with van der Waals surface area (Å²) < 4.78 is 27.1. The zero-order valence-corrected chi connectivity index (χ0v) is 19.2. The number of anilines is 3. The predicted octanol–water partition coefficient (Wildman–Crippen LogP) is 3.86. The van der Waals surface area contributed by atoms with Crippen LogP contribution in [0, 0.1) is 29.0 Å². The standard InChI is InChI=1S/C22H18Cl2FN7O2/c23-15-5-27-22(28-6-15)32-7-13-9-33-10-14(8-32)19(13)34-21-18(25)20(29-11-30-21)31-17-2-1-12(4-26)3-16(17)24/h1-3,5-6,11,13-14,19H,7-10H2,(H,29,30,31). The highest BCUT2D eigenvalue weighted by atomic mass is 35.5. The summed E-state index contributed by atoms with van der Waals surface area (Å²) >= 11 is 12.1. The fourth-order valence-electron chi connectivity index (χ4n) is 4.19. The first kappa shape index (κ1) is 22.5. The Kier molecular flexibility index (Phi) is 6.32. The first-order chi connectivity index (χ1) is 16.5. The molecule has 2 aliphatic heterocycles. The van der Waals surface area contributed by atoms with Gasteiger partial charge in [0.2, 0.25) is 11.8 Å². The smallest absolute Gasteiger partial charge is 0.256 e. The zero-order chi connectivity index (χ0) is 23.7. The quantitative estimate of drug-likeness (QED) is 0.556. The third-order valence-electron chi connectivity index (χ3n) is 5.75. The van der Waals surface area contributed by atoms with Crippen LogP contribution < -0.4 is 15.0 Å². The highest BCUT2D eigenvalue weighted by molar-refractivity contribution is 6.33. The third kappa shape index (κ3) is 4.55. The number of nitrogens with one attached hydrogen (secondary N) is 1. The van der Waals surface area contributed by atoms with Crippen molar-refractivity contribution in [2.75, 3.05) is 36.5 Å².